The lowest BCUT2D eigenvalue weighted by molar-refractivity contribution is -0.138. The van der Waals surface area contributed by atoms with Gasteiger partial charge in [0.05, 0.1) is 19.8 Å². The second-order valence-electron chi connectivity index (χ2n) is 15.9. The van der Waals surface area contributed by atoms with Crippen molar-refractivity contribution < 1.29 is 42.8 Å². The zero-order chi connectivity index (χ0) is 52.6. The van der Waals surface area contributed by atoms with Crippen molar-refractivity contribution in [1.82, 2.24) is 0 Å². The van der Waals surface area contributed by atoms with Gasteiger partial charge in [0.25, 0.3) is 0 Å². The van der Waals surface area contributed by atoms with E-state index in [2.05, 4.69) is 14.7 Å². The molecule has 0 radical (unpaired) electrons. The van der Waals surface area contributed by atoms with Gasteiger partial charge >= 0.3 is 17.9 Å². The van der Waals surface area contributed by atoms with Crippen LogP contribution in [0.15, 0.2) is 89.5 Å². The fraction of sp³-hybridized carbons (Fsp3) is 0.368. The Morgan fingerprint density at radius 2 is 0.667 bits per heavy atom. The van der Waals surface area contributed by atoms with Gasteiger partial charge in [0.2, 0.25) is 0 Å². The fourth-order valence-electron chi connectivity index (χ4n) is 7.73. The van der Waals surface area contributed by atoms with Crippen molar-refractivity contribution >= 4 is 53.2 Å². The molecule has 0 aliphatic heterocycles. The van der Waals surface area contributed by atoms with Crippen molar-refractivity contribution in [2.24, 2.45) is 0 Å². The molecule has 4 aromatic rings. The number of nitriles is 3. The van der Waals surface area contributed by atoms with Crippen molar-refractivity contribution in [3.63, 3.8) is 0 Å². The van der Waals surface area contributed by atoms with Crippen molar-refractivity contribution in [1.29, 1.82) is 15.8 Å². The van der Waals surface area contributed by atoms with Gasteiger partial charge in [0.15, 0.2) is 0 Å². The number of anilines is 3. The molecule has 0 N–H and O–H groups in total. The summed E-state index contributed by atoms with van der Waals surface area (Å²) in [6.07, 6.45) is 4.37. The number of carbonyl (C=O) groups is 3. The SMILES string of the molecule is CCOC(=O)/C(C#N)=C\c1ccc(N(CC)CC)cc1OCc1cc(COc2cc(N(CC)CC)ccc2/C=C(/C#N)C(=O)OCC)cc(COc2cc(N(CC)CC)ccc2/C=C(\C#N)C(=O)OCC)c1. The molecule has 72 heavy (non-hydrogen) atoms. The van der Waals surface area contributed by atoms with E-state index < -0.39 is 17.9 Å². The number of nitrogens with zero attached hydrogens (tertiary/aromatic N) is 6. The maximum Gasteiger partial charge on any atom is 0.348 e. The Bertz CT molecular complexity index is 2420. The molecule has 4 rings (SSSR count). The summed E-state index contributed by atoms with van der Waals surface area (Å²) in [5.41, 5.74) is 5.79. The summed E-state index contributed by atoms with van der Waals surface area (Å²) in [7, 11) is 0. The summed E-state index contributed by atoms with van der Waals surface area (Å²) in [6, 6.07) is 28.5. The van der Waals surface area contributed by atoms with Crippen LogP contribution in [0.3, 0.4) is 0 Å². The highest BCUT2D eigenvalue weighted by molar-refractivity contribution is 5.99. The summed E-state index contributed by atoms with van der Waals surface area (Å²) in [5.74, 6) is -0.950. The zero-order valence-electron chi connectivity index (χ0n) is 43.0. The Labute approximate surface area is 424 Å². The van der Waals surface area contributed by atoms with E-state index in [0.717, 1.165) is 73.0 Å². The molecule has 0 bridgehead atoms. The summed E-state index contributed by atoms with van der Waals surface area (Å²) in [5, 5.41) is 29.8. The molecule has 0 amide bonds. The quantitative estimate of drug-likeness (QED) is 0.0237. The first-order chi connectivity index (χ1) is 34.9. The van der Waals surface area contributed by atoms with E-state index in [-0.39, 0.29) is 56.4 Å². The molecule has 0 aromatic heterocycles. The Balaban J connectivity index is 1.89. The third-order valence-electron chi connectivity index (χ3n) is 11.4. The van der Waals surface area contributed by atoms with Gasteiger partial charge in [-0.1, -0.05) is 0 Å². The van der Waals surface area contributed by atoms with Gasteiger partial charge in [-0.25, -0.2) is 14.4 Å². The number of benzene rings is 4. The van der Waals surface area contributed by atoms with E-state index in [9.17, 15) is 30.2 Å². The molecule has 15 nitrogen and oxygen atoms in total. The molecule has 0 unspecified atom stereocenters. The zero-order valence-corrected chi connectivity index (χ0v) is 43.0. The van der Waals surface area contributed by atoms with E-state index in [1.807, 2.05) is 114 Å². The summed E-state index contributed by atoms with van der Waals surface area (Å²) >= 11 is 0. The first-order valence-electron chi connectivity index (χ1n) is 24.4. The third kappa shape index (κ3) is 15.6. The van der Waals surface area contributed by atoms with E-state index in [4.69, 9.17) is 28.4 Å². The van der Waals surface area contributed by atoms with Gasteiger partial charge < -0.3 is 43.1 Å². The molecular formula is C57H66N6O9. The standard InChI is InChI=1S/C57H66N6O9/c1-10-61(11-2)49-22-19-43(28-46(34-58)55(64)67-16-7)52(31-49)70-37-40-25-41(38-71-53-32-50(62(12-3)13-4)23-20-44(53)29-47(35-59)56(65)68-17-8)27-42(26-40)39-72-54-33-51(63(14-5)15-6)24-21-45(54)30-48(36-60)57(66)69-18-9/h19-33H,10-18,37-39H2,1-9H3/b46-28-,47-29-,48-30+. The van der Waals surface area contributed by atoms with Crippen molar-refractivity contribution in [2.75, 3.05) is 73.8 Å². The molecule has 378 valence electrons. The smallest absolute Gasteiger partial charge is 0.348 e. The molecule has 0 heterocycles. The van der Waals surface area contributed by atoms with Crippen LogP contribution in [0.2, 0.25) is 0 Å². The highest BCUT2D eigenvalue weighted by atomic mass is 16.5. The predicted molar refractivity (Wildman–Crippen MR) is 280 cm³/mol. The summed E-state index contributed by atoms with van der Waals surface area (Å²) in [4.78, 5) is 44.6. The number of hydrogen-bond acceptors (Lipinski definition) is 15. The molecule has 0 spiro atoms. The number of carbonyl (C=O) groups excluding carboxylic acids is 3. The number of esters is 3. The average molecular weight is 979 g/mol. The molecular weight excluding hydrogens is 913 g/mol. The Kier molecular flexibility index (Phi) is 22.8. The monoisotopic (exact) mass is 978 g/mol. The maximum atomic E-state index is 12.7. The van der Waals surface area contributed by atoms with Crippen LogP contribution in [0.5, 0.6) is 17.2 Å². The molecule has 0 atom stereocenters. The van der Waals surface area contributed by atoms with Crippen molar-refractivity contribution in [3.8, 4) is 35.5 Å². The van der Waals surface area contributed by atoms with Gasteiger partial charge in [0.1, 0.15) is 72.0 Å². The normalized spacial score (nSPS) is 11.3. The minimum atomic E-state index is -0.742. The van der Waals surface area contributed by atoms with Crippen LogP contribution in [0.25, 0.3) is 18.2 Å². The molecule has 0 saturated carbocycles. The van der Waals surface area contributed by atoms with Crippen LogP contribution in [0.1, 0.15) is 95.7 Å². The second-order valence-corrected chi connectivity index (χ2v) is 15.9. The number of ether oxygens (including phenoxy) is 6. The maximum absolute atomic E-state index is 12.7. The lowest BCUT2D eigenvalue weighted by Crippen LogP contribution is -2.21. The summed E-state index contributed by atoms with van der Waals surface area (Å²) in [6.45, 7) is 22.1. The van der Waals surface area contributed by atoms with Gasteiger partial charge in [-0.2, -0.15) is 15.8 Å². The molecule has 15 heteroatoms. The van der Waals surface area contributed by atoms with Gasteiger partial charge in [-0.15, -0.1) is 0 Å². The largest absolute Gasteiger partial charge is 0.488 e. The Hall–Kier alpha value is -8.22. The van der Waals surface area contributed by atoms with Crippen LogP contribution in [-0.2, 0) is 48.4 Å². The van der Waals surface area contributed by atoms with Crippen molar-refractivity contribution in [3.05, 3.63) is 123 Å². The van der Waals surface area contributed by atoms with Gasteiger partial charge in [0, 0.05) is 91.2 Å². The number of hydrogen-bond donors (Lipinski definition) is 0. The van der Waals surface area contributed by atoms with Gasteiger partial charge in [-0.05, 0) is 152 Å². The highest BCUT2D eigenvalue weighted by Gasteiger charge is 2.18. The van der Waals surface area contributed by atoms with Crippen LogP contribution < -0.4 is 28.9 Å². The Morgan fingerprint density at radius 3 is 0.875 bits per heavy atom. The minimum absolute atomic E-state index is 0.0394. The van der Waals surface area contributed by atoms with E-state index >= 15 is 0 Å². The molecule has 0 aliphatic carbocycles. The van der Waals surface area contributed by atoms with Crippen LogP contribution in [0, 0.1) is 34.0 Å². The fourth-order valence-corrected chi connectivity index (χ4v) is 7.73. The third-order valence-corrected chi connectivity index (χ3v) is 11.4. The minimum Gasteiger partial charge on any atom is -0.488 e. The number of rotatable bonds is 27. The second kappa shape index (κ2) is 29.1. The van der Waals surface area contributed by atoms with E-state index in [1.54, 1.807) is 39.0 Å². The summed E-state index contributed by atoms with van der Waals surface area (Å²) < 4.78 is 35.3. The van der Waals surface area contributed by atoms with E-state index in [1.165, 1.54) is 18.2 Å². The highest BCUT2D eigenvalue weighted by Crippen LogP contribution is 2.33. The Morgan fingerprint density at radius 1 is 0.417 bits per heavy atom. The topological polar surface area (TPSA) is 188 Å². The molecule has 4 aromatic carbocycles. The lowest BCUT2D eigenvalue weighted by atomic mass is 10.1. The van der Waals surface area contributed by atoms with Crippen LogP contribution >= 0.6 is 0 Å². The van der Waals surface area contributed by atoms with Crippen LogP contribution in [-0.4, -0.2) is 77.0 Å². The van der Waals surface area contributed by atoms with Crippen molar-refractivity contribution in [2.45, 2.75) is 82.1 Å². The predicted octanol–water partition coefficient (Wildman–Crippen LogP) is 10.4. The molecule has 0 fully saturated rings. The molecule has 0 aliphatic rings. The van der Waals surface area contributed by atoms with Gasteiger partial charge in [-0.3, -0.25) is 0 Å². The van der Waals surface area contributed by atoms with E-state index in [0.29, 0.717) is 33.9 Å². The van der Waals surface area contributed by atoms with Crippen LogP contribution in [0.4, 0.5) is 17.1 Å². The average Bonchev–Trinajstić information content (AvgIpc) is 3.39. The molecule has 0 saturated heterocycles. The lowest BCUT2D eigenvalue weighted by Gasteiger charge is -2.23. The first kappa shape index (κ1) is 56.4. The first-order valence-corrected chi connectivity index (χ1v) is 24.4.